The van der Waals surface area contributed by atoms with E-state index in [9.17, 15) is 31.9 Å². The molecular weight excluding hydrogens is 507 g/mol. The number of hydrogen-bond acceptors (Lipinski definition) is 7. The van der Waals surface area contributed by atoms with Gasteiger partial charge in [0.25, 0.3) is 5.91 Å². The van der Waals surface area contributed by atoms with Crippen LogP contribution in [0.25, 0.3) is 0 Å². The number of hydrogen-bond donors (Lipinski definition) is 2. The van der Waals surface area contributed by atoms with Gasteiger partial charge in [-0.1, -0.05) is 13.0 Å². The Kier molecular flexibility index (Phi) is 7.32. The van der Waals surface area contributed by atoms with Crippen molar-refractivity contribution in [2.45, 2.75) is 49.9 Å². The monoisotopic (exact) mass is 532 g/mol. The van der Waals surface area contributed by atoms with Crippen molar-refractivity contribution in [1.82, 2.24) is 4.98 Å². The number of carbonyl (C=O) groups excluding carboxylic acids is 1. The van der Waals surface area contributed by atoms with Gasteiger partial charge in [0.1, 0.15) is 12.2 Å². The molecule has 2 fully saturated rings. The molecule has 0 saturated carbocycles. The standard InChI is InChI=1S/C24H25F5N2O6/c1-11-18(13-4-5-14(25)19(26)20(13)34-3)21(37-23(11,2)24(27,28)29)22(33)31-12-6-7-30-17(8-12)36-16-10-35-9-15(16)32/h4-8,11,15-16,18,21,32H,9-10H2,1-3H3,(H,30,31,33)/t11-,15-,16+,18-,21+,23+/m0/s1. The van der Waals surface area contributed by atoms with Gasteiger partial charge in [-0.3, -0.25) is 4.79 Å². The van der Waals surface area contributed by atoms with Crippen LogP contribution < -0.4 is 14.8 Å². The summed E-state index contributed by atoms with van der Waals surface area (Å²) in [5, 5.41) is 12.3. The van der Waals surface area contributed by atoms with Gasteiger partial charge in [-0.25, -0.2) is 9.37 Å². The first-order valence-electron chi connectivity index (χ1n) is 11.3. The molecule has 0 spiro atoms. The molecule has 0 bridgehead atoms. The molecule has 2 saturated heterocycles. The summed E-state index contributed by atoms with van der Waals surface area (Å²) in [6.45, 7) is 2.24. The number of nitrogens with zero attached hydrogens (tertiary/aromatic N) is 1. The third-order valence-electron chi connectivity index (χ3n) is 6.84. The minimum Gasteiger partial charge on any atom is -0.493 e. The lowest BCUT2D eigenvalue weighted by Gasteiger charge is -2.32. The molecule has 37 heavy (non-hydrogen) atoms. The van der Waals surface area contributed by atoms with Gasteiger partial charge >= 0.3 is 6.18 Å². The van der Waals surface area contributed by atoms with E-state index in [2.05, 4.69) is 10.3 Å². The maximum atomic E-state index is 14.5. The Morgan fingerprint density at radius 1 is 1.24 bits per heavy atom. The number of nitrogens with one attached hydrogen (secondary N) is 1. The molecule has 1 amide bonds. The topological polar surface area (TPSA) is 99.1 Å². The highest BCUT2D eigenvalue weighted by Crippen LogP contribution is 2.55. The zero-order valence-electron chi connectivity index (χ0n) is 20.0. The molecule has 8 nitrogen and oxygen atoms in total. The van der Waals surface area contributed by atoms with Crippen molar-refractivity contribution in [2.24, 2.45) is 5.92 Å². The van der Waals surface area contributed by atoms with Gasteiger partial charge in [0, 0.05) is 35.3 Å². The Morgan fingerprint density at radius 2 is 1.97 bits per heavy atom. The van der Waals surface area contributed by atoms with Crippen LogP contribution in [0.3, 0.4) is 0 Å². The number of aliphatic hydroxyl groups excluding tert-OH is 1. The van der Waals surface area contributed by atoms with Crippen molar-refractivity contribution < 1.29 is 50.8 Å². The van der Waals surface area contributed by atoms with Crippen LogP contribution in [0.2, 0.25) is 0 Å². The lowest BCUT2D eigenvalue weighted by Crippen LogP contribution is -2.47. The highest BCUT2D eigenvalue weighted by atomic mass is 19.4. The largest absolute Gasteiger partial charge is 0.493 e. The molecule has 0 unspecified atom stereocenters. The summed E-state index contributed by atoms with van der Waals surface area (Å²) in [6.07, 6.45) is -6.90. The summed E-state index contributed by atoms with van der Waals surface area (Å²) in [5.41, 5.74) is -2.80. The normalized spacial score (nSPS) is 29.8. The summed E-state index contributed by atoms with van der Waals surface area (Å²) in [5.74, 6) is -6.91. The smallest absolute Gasteiger partial charge is 0.417 e. The van der Waals surface area contributed by atoms with Crippen LogP contribution in [0.4, 0.5) is 27.6 Å². The molecule has 2 aliphatic rings. The molecule has 2 aliphatic heterocycles. The van der Waals surface area contributed by atoms with Gasteiger partial charge in [-0.05, 0) is 19.1 Å². The fourth-order valence-corrected chi connectivity index (χ4v) is 4.60. The Balaban J connectivity index is 1.66. The molecule has 3 heterocycles. The number of pyridine rings is 1. The molecule has 202 valence electrons. The van der Waals surface area contributed by atoms with Crippen LogP contribution in [0.1, 0.15) is 25.3 Å². The number of carbonyl (C=O) groups is 1. The number of benzene rings is 1. The lowest BCUT2D eigenvalue weighted by atomic mass is 9.77. The lowest BCUT2D eigenvalue weighted by molar-refractivity contribution is -0.272. The maximum Gasteiger partial charge on any atom is 0.417 e. The molecule has 1 aromatic heterocycles. The van der Waals surface area contributed by atoms with E-state index in [-0.39, 0.29) is 30.3 Å². The second-order valence-electron chi connectivity index (χ2n) is 9.07. The number of anilines is 1. The van der Waals surface area contributed by atoms with Crippen molar-refractivity contribution in [3.8, 4) is 11.6 Å². The van der Waals surface area contributed by atoms with E-state index in [1.807, 2.05) is 0 Å². The summed E-state index contributed by atoms with van der Waals surface area (Å²) < 4.78 is 91.5. The number of alkyl halides is 3. The molecular formula is C24H25F5N2O6. The zero-order chi connectivity index (χ0) is 27.1. The highest BCUT2D eigenvalue weighted by Gasteiger charge is 2.65. The number of aliphatic hydroxyl groups is 1. The van der Waals surface area contributed by atoms with E-state index in [1.165, 1.54) is 25.3 Å². The van der Waals surface area contributed by atoms with Crippen molar-refractivity contribution >= 4 is 11.6 Å². The van der Waals surface area contributed by atoms with Crippen LogP contribution in [0.15, 0.2) is 30.5 Å². The van der Waals surface area contributed by atoms with Crippen LogP contribution in [-0.4, -0.2) is 66.4 Å². The number of amides is 1. The molecule has 2 N–H and O–H groups in total. The van der Waals surface area contributed by atoms with Gasteiger partial charge in [0.15, 0.2) is 23.3 Å². The average molecular weight is 532 g/mol. The summed E-state index contributed by atoms with van der Waals surface area (Å²) >= 11 is 0. The molecule has 4 rings (SSSR count). The van der Waals surface area contributed by atoms with E-state index in [1.54, 1.807) is 0 Å². The van der Waals surface area contributed by atoms with E-state index < -0.39 is 65.2 Å². The van der Waals surface area contributed by atoms with Crippen molar-refractivity contribution in [1.29, 1.82) is 0 Å². The molecule has 6 atom stereocenters. The minimum atomic E-state index is -4.88. The zero-order valence-corrected chi connectivity index (χ0v) is 20.0. The third-order valence-corrected chi connectivity index (χ3v) is 6.84. The van der Waals surface area contributed by atoms with E-state index in [4.69, 9.17) is 18.9 Å². The van der Waals surface area contributed by atoms with Crippen LogP contribution in [0, 0.1) is 17.6 Å². The quantitative estimate of drug-likeness (QED) is 0.549. The number of halogens is 5. The average Bonchev–Trinajstić information content (AvgIpc) is 3.36. The second-order valence-corrected chi connectivity index (χ2v) is 9.07. The first kappa shape index (κ1) is 27.0. The Morgan fingerprint density at radius 3 is 2.59 bits per heavy atom. The Bertz CT molecular complexity index is 1160. The van der Waals surface area contributed by atoms with E-state index >= 15 is 0 Å². The fraction of sp³-hybridized carbons (Fsp3) is 0.500. The van der Waals surface area contributed by atoms with Gasteiger partial charge in [-0.2, -0.15) is 17.6 Å². The van der Waals surface area contributed by atoms with Gasteiger partial charge in [0.2, 0.25) is 11.7 Å². The fourth-order valence-electron chi connectivity index (χ4n) is 4.60. The van der Waals surface area contributed by atoms with Crippen LogP contribution >= 0.6 is 0 Å². The summed E-state index contributed by atoms with van der Waals surface area (Å²) in [6, 6.07) is 4.53. The van der Waals surface area contributed by atoms with Crippen molar-refractivity contribution in [2.75, 3.05) is 25.6 Å². The van der Waals surface area contributed by atoms with Crippen molar-refractivity contribution in [3.05, 3.63) is 47.7 Å². The molecule has 0 radical (unpaired) electrons. The number of ether oxygens (including phenoxy) is 4. The summed E-state index contributed by atoms with van der Waals surface area (Å²) in [4.78, 5) is 17.3. The third kappa shape index (κ3) is 4.94. The number of aromatic nitrogens is 1. The van der Waals surface area contributed by atoms with Gasteiger partial charge < -0.3 is 29.4 Å². The van der Waals surface area contributed by atoms with Gasteiger partial charge in [0.05, 0.1) is 20.3 Å². The minimum absolute atomic E-state index is 0.0343. The predicted octanol–water partition coefficient (Wildman–Crippen LogP) is 3.59. The first-order chi connectivity index (χ1) is 17.4. The molecule has 0 aliphatic carbocycles. The number of rotatable bonds is 6. The molecule has 2 aromatic rings. The van der Waals surface area contributed by atoms with Crippen LogP contribution in [0.5, 0.6) is 11.6 Å². The van der Waals surface area contributed by atoms with Crippen LogP contribution in [-0.2, 0) is 14.3 Å². The molecule has 1 aromatic carbocycles. The Labute approximate surface area is 208 Å². The maximum absolute atomic E-state index is 14.5. The highest BCUT2D eigenvalue weighted by molar-refractivity contribution is 5.95. The summed E-state index contributed by atoms with van der Waals surface area (Å²) in [7, 11) is 1.05. The van der Waals surface area contributed by atoms with E-state index in [0.717, 1.165) is 26.2 Å². The SMILES string of the molecule is COc1c([C@H]2[C@H](C(=O)Nc3ccnc(O[C@@H]4COC[C@@H]4O)c3)O[C@@](C)(C(F)(F)F)[C@H]2C)ccc(F)c1F. The number of methoxy groups -OCH3 is 1. The second kappa shape index (κ2) is 10.0. The van der Waals surface area contributed by atoms with Crippen molar-refractivity contribution in [3.63, 3.8) is 0 Å². The van der Waals surface area contributed by atoms with Gasteiger partial charge in [-0.15, -0.1) is 0 Å². The van der Waals surface area contributed by atoms with E-state index in [0.29, 0.717) is 0 Å². The molecule has 13 heteroatoms. The Hall–Kier alpha value is -3.03. The first-order valence-corrected chi connectivity index (χ1v) is 11.3. The predicted molar refractivity (Wildman–Crippen MR) is 118 cm³/mol.